The maximum absolute atomic E-state index is 5.02. The first-order chi connectivity index (χ1) is 31.9. The van der Waals surface area contributed by atoms with E-state index in [1.807, 2.05) is 36.7 Å². The molecule has 1 radical (unpaired) electrons. The van der Waals surface area contributed by atoms with Gasteiger partial charge in [-0.3, -0.25) is 0 Å². The number of rotatable bonds is 13. The molecule has 0 fully saturated rings. The van der Waals surface area contributed by atoms with Crippen LogP contribution in [0.1, 0.15) is 36.1 Å². The number of nitrogens with zero attached hydrogens (tertiary/aromatic N) is 3. The van der Waals surface area contributed by atoms with Crippen LogP contribution in [-0.4, -0.2) is 9.97 Å². The minimum Gasteiger partial charge on any atom is -0.520 e. The summed E-state index contributed by atoms with van der Waals surface area (Å²) in [6.07, 6.45) is 12.0. The Balaban J connectivity index is 0.00000548. The van der Waals surface area contributed by atoms with Crippen molar-refractivity contribution in [2.24, 2.45) is 5.41 Å². The molecular weight excluding hydrogens is 979 g/mol. The first-order valence-corrected chi connectivity index (χ1v) is 22.5. The molecule has 0 spiro atoms. The van der Waals surface area contributed by atoms with Gasteiger partial charge in [-0.1, -0.05) is 148 Å². The Bertz CT molecular complexity index is 3050. The van der Waals surface area contributed by atoms with Gasteiger partial charge in [0.15, 0.2) is 0 Å². The molecule has 0 saturated heterocycles. The summed E-state index contributed by atoms with van der Waals surface area (Å²) in [5.74, 6) is 0. The van der Waals surface area contributed by atoms with Gasteiger partial charge in [-0.15, -0.1) is 88.5 Å². The van der Waals surface area contributed by atoms with Crippen LogP contribution in [0, 0.1) is 30.2 Å². The Kier molecular flexibility index (Phi) is 13.4. The molecule has 9 aromatic rings. The third-order valence-corrected chi connectivity index (χ3v) is 12.3. The fourth-order valence-electron chi connectivity index (χ4n) is 8.68. The van der Waals surface area contributed by atoms with Crippen molar-refractivity contribution in [1.82, 2.24) is 9.97 Å². The Labute approximate surface area is 404 Å². The number of hydrogen-bond acceptors (Lipinski definition) is 3. The SMILES string of the molecule is CC1(C)C=CN(c2[c-]cc(CCc3cc(CCc4ccc(-c5[c-]cccc5)nc4)cc(-c4ccccc4-c4ccc(-c5[c-]ccc(-c6ccc(-c7ccccc7)cc6)c5)nc4)c3)cc2)[CH-]1.[Ir]. The molecular formula is C62H49IrN3-4. The van der Waals surface area contributed by atoms with Gasteiger partial charge in [0.1, 0.15) is 0 Å². The van der Waals surface area contributed by atoms with E-state index >= 15 is 0 Å². The number of aromatic nitrogens is 2. The van der Waals surface area contributed by atoms with E-state index in [2.05, 4.69) is 213 Å². The van der Waals surface area contributed by atoms with Crippen LogP contribution in [0.25, 0.3) is 67.0 Å². The smallest absolute Gasteiger partial charge is 0.0239 e. The van der Waals surface area contributed by atoms with Crippen LogP contribution in [0.15, 0.2) is 207 Å². The molecule has 0 saturated carbocycles. The summed E-state index contributed by atoms with van der Waals surface area (Å²) in [4.78, 5) is 12.0. The molecule has 0 unspecified atom stereocenters. The van der Waals surface area contributed by atoms with E-state index in [4.69, 9.17) is 9.97 Å². The molecule has 1 aliphatic rings. The van der Waals surface area contributed by atoms with E-state index in [0.29, 0.717) is 0 Å². The van der Waals surface area contributed by atoms with Crippen LogP contribution in [0.5, 0.6) is 0 Å². The minimum atomic E-state index is 0. The molecule has 4 heteroatoms. The van der Waals surface area contributed by atoms with Crippen LogP contribution < -0.4 is 4.90 Å². The standard InChI is InChI=1S/C62H49N3.Ir/c1-62(2)36-37-65(44-62)57-32-24-45(25-33-57)20-22-47-38-48(23-21-46-26-34-60(63-42-46)52-14-7-4-8-15-52)40-56(39-47)59-19-10-9-18-58(59)55-31-35-61(64-43-55)54-17-11-16-53(41-54)51-29-27-50(28-30-51)49-12-5-3-6-13-49;/h3-14,16,18-19,24-32,34-44H,20-23H2,1-2H3;/q-4;. The third-order valence-electron chi connectivity index (χ3n) is 12.3. The van der Waals surface area contributed by atoms with Crippen molar-refractivity contribution in [1.29, 1.82) is 0 Å². The second-order valence-electron chi connectivity index (χ2n) is 17.5. The number of aryl methyl sites for hydroxylation is 4. The summed E-state index contributed by atoms with van der Waals surface area (Å²) in [5.41, 5.74) is 19.4. The topological polar surface area (TPSA) is 29.0 Å². The van der Waals surface area contributed by atoms with Crippen molar-refractivity contribution < 1.29 is 20.1 Å². The molecule has 3 nitrogen and oxygen atoms in total. The van der Waals surface area contributed by atoms with Crippen molar-refractivity contribution in [3.8, 4) is 67.0 Å². The molecule has 7 aromatic carbocycles. The molecule has 0 N–H and O–H groups in total. The van der Waals surface area contributed by atoms with Gasteiger partial charge in [0.2, 0.25) is 0 Å². The molecule has 2 aromatic heterocycles. The fraction of sp³-hybridized carbons (Fsp3) is 0.113. The molecule has 0 bridgehead atoms. The average molecular weight is 1030 g/mol. The Morgan fingerprint density at radius 1 is 0.470 bits per heavy atom. The summed E-state index contributed by atoms with van der Waals surface area (Å²) in [5, 5.41) is 0. The molecule has 325 valence electrons. The Morgan fingerprint density at radius 2 is 1.08 bits per heavy atom. The maximum Gasteiger partial charge on any atom is 0.0239 e. The molecule has 10 rings (SSSR count). The number of anilines is 1. The monoisotopic (exact) mass is 1030 g/mol. The number of pyridine rings is 2. The molecule has 66 heavy (non-hydrogen) atoms. The largest absolute Gasteiger partial charge is 0.520 e. The summed E-state index contributed by atoms with van der Waals surface area (Å²) in [6, 6.07) is 74.9. The van der Waals surface area contributed by atoms with E-state index < -0.39 is 0 Å². The van der Waals surface area contributed by atoms with Gasteiger partial charge in [0.25, 0.3) is 0 Å². The van der Waals surface area contributed by atoms with Crippen molar-refractivity contribution in [3.05, 3.63) is 254 Å². The summed E-state index contributed by atoms with van der Waals surface area (Å²) in [6.45, 7) is 6.68. The maximum atomic E-state index is 5.02. The second-order valence-corrected chi connectivity index (χ2v) is 17.5. The van der Waals surface area contributed by atoms with E-state index in [0.717, 1.165) is 76.1 Å². The Hall–Kier alpha value is -6.97. The third kappa shape index (κ3) is 10.4. The van der Waals surface area contributed by atoms with Crippen molar-refractivity contribution >= 4 is 5.69 Å². The van der Waals surface area contributed by atoms with Crippen molar-refractivity contribution in [2.75, 3.05) is 4.90 Å². The van der Waals surface area contributed by atoms with Crippen LogP contribution in [0.2, 0.25) is 0 Å². The zero-order valence-corrected chi connectivity index (χ0v) is 39.6. The van der Waals surface area contributed by atoms with Crippen LogP contribution in [0.3, 0.4) is 0 Å². The zero-order chi connectivity index (χ0) is 44.0. The van der Waals surface area contributed by atoms with Gasteiger partial charge in [-0.05, 0) is 92.5 Å². The van der Waals surface area contributed by atoms with Gasteiger partial charge in [0, 0.05) is 32.5 Å². The van der Waals surface area contributed by atoms with Gasteiger partial charge >= 0.3 is 0 Å². The average Bonchev–Trinajstić information content (AvgIpc) is 3.75. The zero-order valence-electron chi connectivity index (χ0n) is 37.2. The molecule has 0 amide bonds. The van der Waals surface area contributed by atoms with Crippen molar-refractivity contribution in [2.45, 2.75) is 39.5 Å². The first-order valence-electron chi connectivity index (χ1n) is 22.5. The van der Waals surface area contributed by atoms with Crippen LogP contribution >= 0.6 is 0 Å². The van der Waals surface area contributed by atoms with Gasteiger partial charge in [0.05, 0.1) is 0 Å². The van der Waals surface area contributed by atoms with Crippen LogP contribution in [0.4, 0.5) is 5.69 Å². The normalized spacial score (nSPS) is 12.8. The van der Waals surface area contributed by atoms with Gasteiger partial charge in [-0.25, -0.2) is 6.54 Å². The minimum absolute atomic E-state index is 0. The van der Waals surface area contributed by atoms with Gasteiger partial charge in [-0.2, -0.15) is 23.8 Å². The van der Waals surface area contributed by atoms with Crippen LogP contribution in [-0.2, 0) is 45.8 Å². The molecule has 0 atom stereocenters. The predicted octanol–water partition coefficient (Wildman–Crippen LogP) is 15.0. The van der Waals surface area contributed by atoms with E-state index in [1.54, 1.807) is 0 Å². The number of benzene rings is 7. The summed E-state index contributed by atoms with van der Waals surface area (Å²) in [7, 11) is 0. The summed E-state index contributed by atoms with van der Waals surface area (Å²) < 4.78 is 0. The summed E-state index contributed by atoms with van der Waals surface area (Å²) >= 11 is 0. The van der Waals surface area contributed by atoms with E-state index in [9.17, 15) is 0 Å². The van der Waals surface area contributed by atoms with Crippen molar-refractivity contribution in [3.63, 3.8) is 0 Å². The predicted molar refractivity (Wildman–Crippen MR) is 269 cm³/mol. The second kappa shape index (κ2) is 20.0. The quantitative estimate of drug-likeness (QED) is 0.108. The molecule has 0 aliphatic carbocycles. The number of hydrogen-bond donors (Lipinski definition) is 0. The molecule has 1 aliphatic heterocycles. The fourth-order valence-corrected chi connectivity index (χ4v) is 8.68. The first kappa shape index (κ1) is 44.2. The van der Waals surface area contributed by atoms with E-state index in [-0.39, 0.29) is 25.5 Å². The Morgan fingerprint density at radius 3 is 1.73 bits per heavy atom. The molecule has 3 heterocycles. The van der Waals surface area contributed by atoms with Gasteiger partial charge < -0.3 is 14.9 Å². The van der Waals surface area contributed by atoms with E-state index in [1.165, 1.54) is 44.5 Å².